The minimum atomic E-state index is -0.140. The first-order valence-corrected chi connectivity index (χ1v) is 6.86. The molecule has 0 spiro atoms. The summed E-state index contributed by atoms with van der Waals surface area (Å²) in [5.41, 5.74) is 1.44. The van der Waals surface area contributed by atoms with Crippen molar-refractivity contribution in [2.45, 2.75) is 39.5 Å². The second kappa shape index (κ2) is 5.81. The highest BCUT2D eigenvalue weighted by atomic mass is 79.9. The van der Waals surface area contributed by atoms with Crippen molar-refractivity contribution in [3.63, 3.8) is 0 Å². The zero-order valence-electron chi connectivity index (χ0n) is 10.3. The maximum absolute atomic E-state index is 13.1. The van der Waals surface area contributed by atoms with Gasteiger partial charge in [0, 0.05) is 5.33 Å². The van der Waals surface area contributed by atoms with Crippen LogP contribution >= 0.6 is 15.9 Å². The summed E-state index contributed by atoms with van der Waals surface area (Å²) in [7, 11) is 0. The summed E-state index contributed by atoms with van der Waals surface area (Å²) in [6.45, 7) is 6.72. The van der Waals surface area contributed by atoms with E-state index in [1.165, 1.54) is 6.07 Å². The molecule has 16 heavy (non-hydrogen) atoms. The molecule has 1 aromatic carbocycles. The average molecular weight is 287 g/mol. The summed E-state index contributed by atoms with van der Waals surface area (Å²) in [6, 6.07) is 6.95. The summed E-state index contributed by atoms with van der Waals surface area (Å²) in [6.07, 6.45) is 2.25. The van der Waals surface area contributed by atoms with Gasteiger partial charge in [-0.15, -0.1) is 0 Å². The topological polar surface area (TPSA) is 0 Å². The van der Waals surface area contributed by atoms with Crippen molar-refractivity contribution in [1.82, 2.24) is 0 Å². The number of rotatable bonds is 4. The SMILES string of the molecule is CC(C)(C)CCC(CBr)c1cccc(F)c1. The second-order valence-corrected chi connectivity index (χ2v) is 6.15. The van der Waals surface area contributed by atoms with Crippen LogP contribution in [0.5, 0.6) is 0 Å². The average Bonchev–Trinajstić information content (AvgIpc) is 2.17. The van der Waals surface area contributed by atoms with Crippen LogP contribution in [0.4, 0.5) is 4.39 Å². The Morgan fingerprint density at radius 3 is 2.50 bits per heavy atom. The Morgan fingerprint density at radius 2 is 2.00 bits per heavy atom. The molecule has 0 aliphatic carbocycles. The van der Waals surface area contributed by atoms with E-state index in [4.69, 9.17) is 0 Å². The van der Waals surface area contributed by atoms with E-state index in [0.29, 0.717) is 11.3 Å². The van der Waals surface area contributed by atoms with Crippen LogP contribution in [0.1, 0.15) is 45.1 Å². The van der Waals surface area contributed by atoms with Gasteiger partial charge >= 0.3 is 0 Å². The smallest absolute Gasteiger partial charge is 0.123 e. The van der Waals surface area contributed by atoms with Crippen LogP contribution in [-0.2, 0) is 0 Å². The summed E-state index contributed by atoms with van der Waals surface area (Å²) in [4.78, 5) is 0. The van der Waals surface area contributed by atoms with Crippen molar-refractivity contribution in [2.24, 2.45) is 5.41 Å². The largest absolute Gasteiger partial charge is 0.207 e. The van der Waals surface area contributed by atoms with Gasteiger partial charge in [0.25, 0.3) is 0 Å². The summed E-state index contributed by atoms with van der Waals surface area (Å²) in [5, 5.41) is 0.895. The van der Waals surface area contributed by atoms with Crippen molar-refractivity contribution in [3.8, 4) is 0 Å². The number of benzene rings is 1. The van der Waals surface area contributed by atoms with Gasteiger partial charge < -0.3 is 0 Å². The third kappa shape index (κ3) is 4.65. The van der Waals surface area contributed by atoms with Crippen molar-refractivity contribution < 1.29 is 4.39 Å². The van der Waals surface area contributed by atoms with Crippen molar-refractivity contribution in [3.05, 3.63) is 35.6 Å². The van der Waals surface area contributed by atoms with Crippen LogP contribution in [0, 0.1) is 11.2 Å². The second-order valence-electron chi connectivity index (χ2n) is 5.51. The molecule has 0 fully saturated rings. The fourth-order valence-electron chi connectivity index (χ4n) is 1.70. The van der Waals surface area contributed by atoms with Gasteiger partial charge in [-0.3, -0.25) is 0 Å². The summed E-state index contributed by atoms with van der Waals surface area (Å²) < 4.78 is 13.1. The van der Waals surface area contributed by atoms with Crippen LogP contribution in [0.3, 0.4) is 0 Å². The molecule has 0 bridgehead atoms. The molecule has 0 nitrogen and oxygen atoms in total. The third-order valence-corrected chi connectivity index (χ3v) is 3.53. The molecule has 1 unspecified atom stereocenters. The van der Waals surface area contributed by atoms with Crippen molar-refractivity contribution in [1.29, 1.82) is 0 Å². The molecule has 1 atom stereocenters. The van der Waals surface area contributed by atoms with Crippen LogP contribution in [-0.4, -0.2) is 5.33 Å². The van der Waals surface area contributed by atoms with E-state index in [1.807, 2.05) is 6.07 Å². The van der Waals surface area contributed by atoms with Crippen LogP contribution < -0.4 is 0 Å². The fraction of sp³-hybridized carbons (Fsp3) is 0.571. The molecule has 0 saturated heterocycles. The molecule has 1 aromatic rings. The Bertz CT molecular complexity index is 328. The maximum Gasteiger partial charge on any atom is 0.123 e. The van der Waals surface area contributed by atoms with E-state index in [1.54, 1.807) is 12.1 Å². The number of hydrogen-bond acceptors (Lipinski definition) is 0. The lowest BCUT2D eigenvalue weighted by atomic mass is 9.85. The zero-order chi connectivity index (χ0) is 12.2. The lowest BCUT2D eigenvalue weighted by Gasteiger charge is -2.22. The highest BCUT2D eigenvalue weighted by Gasteiger charge is 2.16. The van der Waals surface area contributed by atoms with Crippen molar-refractivity contribution >= 4 is 15.9 Å². The quantitative estimate of drug-likeness (QED) is 0.673. The van der Waals surface area contributed by atoms with Gasteiger partial charge in [-0.2, -0.15) is 0 Å². The summed E-state index contributed by atoms with van der Waals surface area (Å²) in [5.74, 6) is 0.272. The van der Waals surface area contributed by atoms with E-state index in [0.717, 1.165) is 23.7 Å². The Kier molecular flexibility index (Phi) is 4.97. The molecule has 0 aliphatic heterocycles. The lowest BCUT2D eigenvalue weighted by Crippen LogP contribution is -2.09. The Hall–Kier alpha value is -0.370. The molecular weight excluding hydrogens is 267 g/mol. The maximum atomic E-state index is 13.1. The number of halogens is 2. The number of hydrogen-bond donors (Lipinski definition) is 0. The summed E-state index contributed by atoms with van der Waals surface area (Å²) >= 11 is 3.52. The van der Waals surface area contributed by atoms with Crippen LogP contribution in [0.15, 0.2) is 24.3 Å². The molecular formula is C14H20BrF. The first kappa shape index (κ1) is 13.7. The lowest BCUT2D eigenvalue weighted by molar-refractivity contribution is 0.354. The molecule has 0 N–H and O–H groups in total. The molecule has 90 valence electrons. The molecule has 2 heteroatoms. The minimum absolute atomic E-state index is 0.140. The van der Waals surface area contributed by atoms with Gasteiger partial charge in [-0.05, 0) is 41.9 Å². The van der Waals surface area contributed by atoms with Crippen LogP contribution in [0.2, 0.25) is 0 Å². The molecule has 0 radical (unpaired) electrons. The van der Waals surface area contributed by atoms with Gasteiger partial charge in [0.05, 0.1) is 0 Å². The highest BCUT2D eigenvalue weighted by Crippen LogP contribution is 2.30. The zero-order valence-corrected chi connectivity index (χ0v) is 11.8. The Balaban J connectivity index is 2.68. The van der Waals surface area contributed by atoms with E-state index >= 15 is 0 Å². The number of alkyl halides is 1. The molecule has 0 amide bonds. The van der Waals surface area contributed by atoms with Crippen LogP contribution in [0.25, 0.3) is 0 Å². The van der Waals surface area contributed by atoms with Gasteiger partial charge in [0.15, 0.2) is 0 Å². The Morgan fingerprint density at radius 1 is 1.31 bits per heavy atom. The van der Waals surface area contributed by atoms with Gasteiger partial charge in [-0.1, -0.05) is 48.8 Å². The van der Waals surface area contributed by atoms with E-state index in [2.05, 4.69) is 36.7 Å². The van der Waals surface area contributed by atoms with E-state index < -0.39 is 0 Å². The molecule has 0 aliphatic rings. The first-order valence-electron chi connectivity index (χ1n) is 5.74. The standard InChI is InChI=1S/C14H20BrF/c1-14(2,3)8-7-12(10-15)11-5-4-6-13(16)9-11/h4-6,9,12H,7-8,10H2,1-3H3. The molecule has 0 saturated carbocycles. The fourth-order valence-corrected chi connectivity index (χ4v) is 2.40. The van der Waals surface area contributed by atoms with E-state index in [9.17, 15) is 4.39 Å². The first-order chi connectivity index (χ1) is 7.42. The molecule has 0 heterocycles. The highest BCUT2D eigenvalue weighted by molar-refractivity contribution is 9.09. The predicted octanol–water partition coefficient (Wildman–Crippen LogP) is 5.13. The monoisotopic (exact) mass is 286 g/mol. The van der Waals surface area contributed by atoms with Gasteiger partial charge in [0.2, 0.25) is 0 Å². The van der Waals surface area contributed by atoms with E-state index in [-0.39, 0.29) is 5.82 Å². The van der Waals surface area contributed by atoms with Gasteiger partial charge in [-0.25, -0.2) is 4.39 Å². The van der Waals surface area contributed by atoms with Gasteiger partial charge in [0.1, 0.15) is 5.82 Å². The minimum Gasteiger partial charge on any atom is -0.207 e. The molecule has 0 aromatic heterocycles. The third-order valence-electron chi connectivity index (χ3n) is 2.75. The Labute approximate surface area is 106 Å². The molecule has 1 rings (SSSR count). The van der Waals surface area contributed by atoms with Crippen molar-refractivity contribution in [2.75, 3.05) is 5.33 Å². The predicted molar refractivity (Wildman–Crippen MR) is 71.6 cm³/mol. The normalized spacial score (nSPS) is 13.8.